The average molecular weight is 327 g/mol. The molecule has 0 heterocycles. The van der Waals surface area contributed by atoms with Crippen LogP contribution in [0.3, 0.4) is 0 Å². The number of nitrogens with one attached hydrogen (secondary N) is 2. The van der Waals surface area contributed by atoms with Crippen molar-refractivity contribution in [1.29, 1.82) is 0 Å². The van der Waals surface area contributed by atoms with E-state index in [9.17, 15) is 4.79 Å². The fourth-order valence-electron chi connectivity index (χ4n) is 2.15. The molecule has 5 heteroatoms. The van der Waals surface area contributed by atoms with Crippen LogP contribution in [0.4, 0.5) is 17.1 Å². The number of amides is 1. The van der Waals surface area contributed by atoms with E-state index in [0.717, 1.165) is 22.8 Å². The van der Waals surface area contributed by atoms with Gasteiger partial charge in [0.25, 0.3) is 0 Å². The third-order valence-corrected chi connectivity index (χ3v) is 3.35. The summed E-state index contributed by atoms with van der Waals surface area (Å²) in [4.78, 5) is 14.0. The second kappa shape index (κ2) is 8.24. The van der Waals surface area contributed by atoms with Gasteiger partial charge in [-0.15, -0.1) is 0 Å². The zero-order valence-electron chi connectivity index (χ0n) is 14.7. The van der Waals surface area contributed by atoms with Crippen LogP contribution >= 0.6 is 0 Å². The Hall–Kier alpha value is -2.69. The van der Waals surface area contributed by atoms with Crippen LogP contribution in [-0.4, -0.2) is 32.7 Å². The predicted octanol–water partition coefficient (Wildman–Crippen LogP) is 3.59. The van der Waals surface area contributed by atoms with Gasteiger partial charge in [0.2, 0.25) is 5.91 Å². The maximum absolute atomic E-state index is 12.0. The number of ether oxygens (including phenoxy) is 1. The maximum Gasteiger partial charge on any atom is 0.243 e. The van der Waals surface area contributed by atoms with Gasteiger partial charge < -0.3 is 20.3 Å². The minimum Gasteiger partial charge on any atom is -0.491 e. The van der Waals surface area contributed by atoms with Crippen LogP contribution in [-0.2, 0) is 4.79 Å². The first-order chi connectivity index (χ1) is 11.4. The summed E-state index contributed by atoms with van der Waals surface area (Å²) in [5.41, 5.74) is 2.78. The Labute approximate surface area is 143 Å². The molecule has 2 rings (SSSR count). The van der Waals surface area contributed by atoms with Crippen molar-refractivity contribution in [3.05, 3.63) is 48.5 Å². The Bertz CT molecular complexity index is 649. The normalized spacial score (nSPS) is 10.4. The number of hydrogen-bond acceptors (Lipinski definition) is 4. The number of carbonyl (C=O) groups excluding carboxylic acids is 1. The highest BCUT2D eigenvalue weighted by Gasteiger charge is 2.04. The molecular weight excluding hydrogens is 302 g/mol. The van der Waals surface area contributed by atoms with E-state index in [1.807, 2.05) is 81.4 Å². The predicted molar refractivity (Wildman–Crippen MR) is 100 cm³/mol. The van der Waals surface area contributed by atoms with E-state index >= 15 is 0 Å². The summed E-state index contributed by atoms with van der Waals surface area (Å²) in [6, 6.07) is 15.3. The first-order valence-corrected chi connectivity index (χ1v) is 8.02. The number of anilines is 3. The van der Waals surface area contributed by atoms with Gasteiger partial charge in [0.05, 0.1) is 12.6 Å². The third-order valence-electron chi connectivity index (χ3n) is 3.35. The third kappa shape index (κ3) is 5.50. The van der Waals surface area contributed by atoms with E-state index in [0.29, 0.717) is 0 Å². The molecule has 0 spiro atoms. The first kappa shape index (κ1) is 17.7. The van der Waals surface area contributed by atoms with E-state index in [2.05, 4.69) is 10.6 Å². The van der Waals surface area contributed by atoms with E-state index in [4.69, 9.17) is 4.74 Å². The van der Waals surface area contributed by atoms with E-state index in [1.165, 1.54) is 0 Å². The molecule has 2 N–H and O–H groups in total. The number of nitrogens with zero attached hydrogens (tertiary/aromatic N) is 1. The number of rotatable bonds is 7. The Morgan fingerprint density at radius 3 is 2.12 bits per heavy atom. The molecule has 5 nitrogen and oxygen atoms in total. The Morgan fingerprint density at radius 1 is 1.00 bits per heavy atom. The highest BCUT2D eigenvalue weighted by molar-refractivity contribution is 5.93. The molecule has 0 unspecified atom stereocenters. The summed E-state index contributed by atoms with van der Waals surface area (Å²) in [6.07, 6.45) is 0.133. The fraction of sp³-hybridized carbons (Fsp3) is 0.316. The lowest BCUT2D eigenvalue weighted by Crippen LogP contribution is -2.21. The first-order valence-electron chi connectivity index (χ1n) is 8.02. The molecule has 0 bridgehead atoms. The zero-order chi connectivity index (χ0) is 17.5. The summed E-state index contributed by atoms with van der Waals surface area (Å²) in [7, 11) is 3.99. The smallest absolute Gasteiger partial charge is 0.243 e. The van der Waals surface area contributed by atoms with Crippen LogP contribution in [0.1, 0.15) is 13.8 Å². The number of benzene rings is 2. The molecule has 0 aliphatic rings. The second-order valence-electron chi connectivity index (χ2n) is 6.03. The van der Waals surface area contributed by atoms with Crippen LogP contribution in [0, 0.1) is 0 Å². The van der Waals surface area contributed by atoms with Crippen LogP contribution in [0.25, 0.3) is 0 Å². The van der Waals surface area contributed by atoms with Gasteiger partial charge >= 0.3 is 0 Å². The molecule has 0 saturated heterocycles. The Balaban J connectivity index is 1.82. The van der Waals surface area contributed by atoms with Crippen molar-refractivity contribution in [1.82, 2.24) is 0 Å². The molecule has 0 radical (unpaired) electrons. The number of carbonyl (C=O) groups is 1. The van der Waals surface area contributed by atoms with Crippen molar-refractivity contribution in [2.45, 2.75) is 20.0 Å². The molecule has 0 fully saturated rings. The van der Waals surface area contributed by atoms with Crippen molar-refractivity contribution < 1.29 is 9.53 Å². The molecule has 0 aromatic heterocycles. The number of hydrogen-bond donors (Lipinski definition) is 2. The van der Waals surface area contributed by atoms with Crippen molar-refractivity contribution in [2.75, 3.05) is 36.2 Å². The van der Waals surface area contributed by atoms with E-state index in [-0.39, 0.29) is 18.6 Å². The van der Waals surface area contributed by atoms with Crippen LogP contribution in [0.5, 0.6) is 5.75 Å². The quantitative estimate of drug-likeness (QED) is 0.816. The minimum absolute atomic E-state index is 0.0933. The van der Waals surface area contributed by atoms with Gasteiger partial charge in [-0.2, -0.15) is 0 Å². The summed E-state index contributed by atoms with van der Waals surface area (Å²) in [5.74, 6) is 0.700. The lowest BCUT2D eigenvalue weighted by atomic mass is 10.2. The molecule has 0 aliphatic heterocycles. The largest absolute Gasteiger partial charge is 0.491 e. The van der Waals surface area contributed by atoms with Gasteiger partial charge in [-0.25, -0.2) is 0 Å². The molecule has 2 aromatic rings. The van der Waals surface area contributed by atoms with E-state index < -0.39 is 0 Å². The summed E-state index contributed by atoms with van der Waals surface area (Å²) >= 11 is 0. The molecule has 24 heavy (non-hydrogen) atoms. The topological polar surface area (TPSA) is 53.6 Å². The monoisotopic (exact) mass is 327 g/mol. The molecule has 0 atom stereocenters. The van der Waals surface area contributed by atoms with Crippen LogP contribution in [0.15, 0.2) is 48.5 Å². The van der Waals surface area contributed by atoms with Crippen molar-refractivity contribution in [3.8, 4) is 5.75 Å². The van der Waals surface area contributed by atoms with Crippen LogP contribution in [0.2, 0.25) is 0 Å². The van der Waals surface area contributed by atoms with Gasteiger partial charge in [0, 0.05) is 31.2 Å². The zero-order valence-corrected chi connectivity index (χ0v) is 14.7. The molecular formula is C19H25N3O2. The summed E-state index contributed by atoms with van der Waals surface area (Å²) in [5, 5.41) is 5.97. The Kier molecular flexibility index (Phi) is 6.07. The van der Waals surface area contributed by atoms with E-state index in [1.54, 1.807) is 0 Å². The SMILES string of the molecule is CC(C)Oc1ccc(NC(=O)CNc2ccc(N(C)C)cc2)cc1. The maximum atomic E-state index is 12.0. The van der Waals surface area contributed by atoms with Gasteiger partial charge in [0.1, 0.15) is 5.75 Å². The lowest BCUT2D eigenvalue weighted by molar-refractivity contribution is -0.114. The highest BCUT2D eigenvalue weighted by atomic mass is 16.5. The van der Waals surface area contributed by atoms with Crippen molar-refractivity contribution in [3.63, 3.8) is 0 Å². The van der Waals surface area contributed by atoms with Gasteiger partial charge in [0.15, 0.2) is 0 Å². The molecule has 128 valence electrons. The van der Waals surface area contributed by atoms with Crippen molar-refractivity contribution >= 4 is 23.0 Å². The minimum atomic E-state index is -0.0933. The van der Waals surface area contributed by atoms with Crippen LogP contribution < -0.4 is 20.3 Å². The standard InChI is InChI=1S/C19H25N3O2/c1-14(2)24-18-11-7-16(8-12-18)21-19(23)13-20-15-5-9-17(10-6-15)22(3)4/h5-12,14,20H,13H2,1-4H3,(H,21,23). The Morgan fingerprint density at radius 2 is 1.58 bits per heavy atom. The molecule has 1 amide bonds. The molecule has 0 saturated carbocycles. The molecule has 0 aliphatic carbocycles. The highest BCUT2D eigenvalue weighted by Crippen LogP contribution is 2.17. The second-order valence-corrected chi connectivity index (χ2v) is 6.03. The van der Waals surface area contributed by atoms with Gasteiger partial charge in [-0.05, 0) is 62.4 Å². The van der Waals surface area contributed by atoms with Gasteiger partial charge in [-0.1, -0.05) is 0 Å². The average Bonchev–Trinajstić information content (AvgIpc) is 2.54. The molecule has 2 aromatic carbocycles. The lowest BCUT2D eigenvalue weighted by Gasteiger charge is -2.13. The fourth-order valence-corrected chi connectivity index (χ4v) is 2.15. The van der Waals surface area contributed by atoms with Crippen molar-refractivity contribution in [2.24, 2.45) is 0 Å². The van der Waals surface area contributed by atoms with Gasteiger partial charge in [-0.3, -0.25) is 4.79 Å². The summed E-state index contributed by atoms with van der Waals surface area (Å²) in [6.45, 7) is 4.17. The summed E-state index contributed by atoms with van der Waals surface area (Å²) < 4.78 is 5.58.